The average molecular weight is 294 g/mol. The second-order valence-corrected chi connectivity index (χ2v) is 6.36. The first kappa shape index (κ1) is 14.3. The molecule has 1 aromatic carbocycles. The molecule has 0 aliphatic heterocycles. The fraction of sp³-hybridized carbons (Fsp3) is 0.214. The Morgan fingerprint density at radius 2 is 2.00 bits per heavy atom. The lowest BCUT2D eigenvalue weighted by molar-refractivity contribution is 0.110. The van der Waals surface area contributed by atoms with Crippen molar-refractivity contribution in [3.63, 3.8) is 0 Å². The minimum absolute atomic E-state index is 0.0104. The van der Waals surface area contributed by atoms with Gasteiger partial charge in [-0.3, -0.25) is 4.79 Å². The van der Waals surface area contributed by atoms with Crippen LogP contribution in [0.25, 0.3) is 11.3 Å². The lowest BCUT2D eigenvalue weighted by atomic mass is 10.1. The van der Waals surface area contributed by atoms with E-state index in [0.29, 0.717) is 23.4 Å². The van der Waals surface area contributed by atoms with Crippen molar-refractivity contribution in [3.8, 4) is 17.1 Å². The summed E-state index contributed by atoms with van der Waals surface area (Å²) in [4.78, 5) is 10.9. The van der Waals surface area contributed by atoms with Crippen LogP contribution in [-0.2, 0) is 9.84 Å². The average Bonchev–Trinajstić information content (AvgIpc) is 2.95. The van der Waals surface area contributed by atoms with Gasteiger partial charge in [-0.25, -0.2) is 8.42 Å². The van der Waals surface area contributed by atoms with Crippen LogP contribution in [0.15, 0.2) is 39.6 Å². The molecule has 0 unspecified atom stereocenters. The van der Waals surface area contributed by atoms with Crippen LogP contribution in [0.1, 0.15) is 17.5 Å². The van der Waals surface area contributed by atoms with Gasteiger partial charge in [0.2, 0.25) is 0 Å². The fourth-order valence-electron chi connectivity index (χ4n) is 1.80. The van der Waals surface area contributed by atoms with Crippen LogP contribution in [0, 0.1) is 0 Å². The number of rotatable bonds is 5. The maximum absolute atomic E-state index is 11.9. The molecule has 0 N–H and O–H groups in total. The lowest BCUT2D eigenvalue weighted by Crippen LogP contribution is -2.04. The van der Waals surface area contributed by atoms with Crippen molar-refractivity contribution >= 4 is 16.1 Å². The SMILES string of the molecule is CCS(=O)(=O)c1ccc(OC)c(-c2ccc(C=O)o2)c1. The van der Waals surface area contributed by atoms with E-state index < -0.39 is 9.84 Å². The van der Waals surface area contributed by atoms with Crippen molar-refractivity contribution in [2.45, 2.75) is 11.8 Å². The molecule has 0 amide bonds. The van der Waals surface area contributed by atoms with Crippen molar-refractivity contribution in [1.29, 1.82) is 0 Å². The smallest absolute Gasteiger partial charge is 0.185 e. The zero-order valence-corrected chi connectivity index (χ0v) is 11.9. The van der Waals surface area contributed by atoms with E-state index in [9.17, 15) is 13.2 Å². The van der Waals surface area contributed by atoms with Gasteiger partial charge in [0.1, 0.15) is 11.5 Å². The van der Waals surface area contributed by atoms with Crippen LogP contribution in [0.4, 0.5) is 0 Å². The zero-order chi connectivity index (χ0) is 14.8. The topological polar surface area (TPSA) is 73.6 Å². The molecule has 1 heterocycles. The molecule has 0 fully saturated rings. The van der Waals surface area contributed by atoms with E-state index in [1.807, 2.05) is 0 Å². The van der Waals surface area contributed by atoms with E-state index in [1.165, 1.54) is 25.3 Å². The molecule has 0 saturated heterocycles. The first-order valence-electron chi connectivity index (χ1n) is 5.98. The minimum atomic E-state index is -3.32. The maximum atomic E-state index is 11.9. The number of aldehydes is 1. The summed E-state index contributed by atoms with van der Waals surface area (Å²) in [5, 5.41) is 0. The summed E-state index contributed by atoms with van der Waals surface area (Å²) in [5.41, 5.74) is 0.495. The standard InChI is InChI=1S/C14H14O5S/c1-3-20(16,17)11-5-7-13(18-2)12(8-11)14-6-4-10(9-15)19-14/h4-9H,3H2,1-2H3. The second kappa shape index (κ2) is 5.50. The van der Waals surface area contributed by atoms with E-state index in [1.54, 1.807) is 19.1 Å². The first-order valence-corrected chi connectivity index (χ1v) is 7.63. The number of furan rings is 1. The molecule has 0 saturated carbocycles. The number of carbonyl (C=O) groups is 1. The number of carbonyl (C=O) groups excluding carboxylic acids is 1. The van der Waals surface area contributed by atoms with E-state index in [-0.39, 0.29) is 16.4 Å². The molecule has 0 atom stereocenters. The predicted molar refractivity (Wildman–Crippen MR) is 73.8 cm³/mol. The van der Waals surface area contributed by atoms with E-state index >= 15 is 0 Å². The molecule has 5 nitrogen and oxygen atoms in total. The highest BCUT2D eigenvalue weighted by atomic mass is 32.2. The minimum Gasteiger partial charge on any atom is -0.496 e. The third kappa shape index (κ3) is 2.60. The van der Waals surface area contributed by atoms with Crippen molar-refractivity contribution < 1.29 is 22.4 Å². The molecular weight excluding hydrogens is 280 g/mol. The molecule has 0 spiro atoms. The Bertz CT molecular complexity index is 728. The van der Waals surface area contributed by atoms with Crippen LogP contribution < -0.4 is 4.74 Å². The molecule has 2 rings (SSSR count). The van der Waals surface area contributed by atoms with Gasteiger partial charge >= 0.3 is 0 Å². The quantitative estimate of drug-likeness (QED) is 0.792. The lowest BCUT2D eigenvalue weighted by Gasteiger charge is -2.09. The highest BCUT2D eigenvalue weighted by Crippen LogP contribution is 2.33. The number of methoxy groups -OCH3 is 1. The molecular formula is C14H14O5S. The summed E-state index contributed by atoms with van der Waals surface area (Å²) in [6.45, 7) is 1.58. The summed E-state index contributed by atoms with van der Waals surface area (Å²) in [6.07, 6.45) is 0.586. The van der Waals surface area contributed by atoms with E-state index in [4.69, 9.17) is 9.15 Å². The summed E-state index contributed by atoms with van der Waals surface area (Å²) in [6, 6.07) is 7.67. The Morgan fingerprint density at radius 1 is 1.25 bits per heavy atom. The number of benzene rings is 1. The van der Waals surface area contributed by atoms with Gasteiger partial charge in [0, 0.05) is 0 Å². The van der Waals surface area contributed by atoms with E-state index in [2.05, 4.69) is 0 Å². The van der Waals surface area contributed by atoms with Crippen LogP contribution in [-0.4, -0.2) is 27.6 Å². The summed E-state index contributed by atoms with van der Waals surface area (Å²) in [5.74, 6) is 1.05. The Hall–Kier alpha value is -2.08. The third-order valence-electron chi connectivity index (χ3n) is 2.92. The van der Waals surface area contributed by atoms with Crippen molar-refractivity contribution in [3.05, 3.63) is 36.1 Å². The van der Waals surface area contributed by atoms with Gasteiger partial charge < -0.3 is 9.15 Å². The molecule has 6 heteroatoms. The Kier molecular flexibility index (Phi) is 3.94. The van der Waals surface area contributed by atoms with Gasteiger partial charge in [-0.1, -0.05) is 6.92 Å². The maximum Gasteiger partial charge on any atom is 0.185 e. The van der Waals surface area contributed by atoms with Gasteiger partial charge in [-0.05, 0) is 30.3 Å². The highest BCUT2D eigenvalue weighted by Gasteiger charge is 2.17. The highest BCUT2D eigenvalue weighted by molar-refractivity contribution is 7.91. The Morgan fingerprint density at radius 3 is 2.55 bits per heavy atom. The number of hydrogen-bond donors (Lipinski definition) is 0. The normalized spacial score (nSPS) is 11.3. The van der Waals surface area contributed by atoms with Gasteiger partial charge in [0.15, 0.2) is 21.9 Å². The molecule has 2 aromatic rings. The van der Waals surface area contributed by atoms with Crippen LogP contribution in [0.2, 0.25) is 0 Å². The predicted octanol–water partition coefficient (Wildman–Crippen LogP) is 2.56. The molecule has 20 heavy (non-hydrogen) atoms. The molecule has 0 aliphatic carbocycles. The zero-order valence-electron chi connectivity index (χ0n) is 11.1. The number of sulfone groups is 1. The molecule has 1 aromatic heterocycles. The summed E-state index contributed by atoms with van der Waals surface area (Å²) in [7, 11) is -1.84. The van der Waals surface area contributed by atoms with Crippen LogP contribution in [0.5, 0.6) is 5.75 Å². The summed E-state index contributed by atoms with van der Waals surface area (Å²) < 4.78 is 34.4. The van der Waals surface area contributed by atoms with Gasteiger partial charge in [-0.15, -0.1) is 0 Å². The monoisotopic (exact) mass is 294 g/mol. The van der Waals surface area contributed by atoms with Gasteiger partial charge in [-0.2, -0.15) is 0 Å². The van der Waals surface area contributed by atoms with Crippen molar-refractivity contribution in [1.82, 2.24) is 0 Å². The molecule has 0 bridgehead atoms. The molecule has 0 aliphatic rings. The molecule has 0 radical (unpaired) electrons. The summed E-state index contributed by atoms with van der Waals surface area (Å²) >= 11 is 0. The first-order chi connectivity index (χ1) is 9.51. The van der Waals surface area contributed by atoms with E-state index in [0.717, 1.165) is 0 Å². The van der Waals surface area contributed by atoms with Gasteiger partial charge in [0.25, 0.3) is 0 Å². The van der Waals surface area contributed by atoms with Crippen molar-refractivity contribution in [2.75, 3.05) is 12.9 Å². The third-order valence-corrected chi connectivity index (χ3v) is 4.65. The van der Waals surface area contributed by atoms with Crippen LogP contribution >= 0.6 is 0 Å². The second-order valence-electron chi connectivity index (χ2n) is 4.09. The van der Waals surface area contributed by atoms with Crippen molar-refractivity contribution in [2.24, 2.45) is 0 Å². The fourth-order valence-corrected chi connectivity index (χ4v) is 2.71. The van der Waals surface area contributed by atoms with Crippen LogP contribution in [0.3, 0.4) is 0 Å². The Balaban J connectivity index is 2.60. The largest absolute Gasteiger partial charge is 0.496 e. The van der Waals surface area contributed by atoms with Gasteiger partial charge in [0.05, 0.1) is 23.3 Å². The Labute approximate surface area is 117 Å². The number of hydrogen-bond acceptors (Lipinski definition) is 5. The number of ether oxygens (including phenoxy) is 1. The molecule has 106 valence electrons.